The summed E-state index contributed by atoms with van der Waals surface area (Å²) >= 11 is 4.06. The first-order valence-electron chi connectivity index (χ1n) is 7.77. The number of halogens is 1. The first-order valence-corrected chi connectivity index (χ1v) is 8.69. The largest absolute Gasteiger partial charge is 0.497 e. The van der Waals surface area contributed by atoms with E-state index in [4.69, 9.17) is 4.74 Å². The third kappa shape index (κ3) is 3.21. The van der Waals surface area contributed by atoms with E-state index >= 15 is 0 Å². The van der Waals surface area contributed by atoms with Crippen molar-refractivity contribution in [1.82, 2.24) is 0 Å². The van der Waals surface area contributed by atoms with Crippen LogP contribution in [0, 0.1) is 18.3 Å². The number of ether oxygens (including phenoxy) is 1. The van der Waals surface area contributed by atoms with Crippen LogP contribution >= 0.6 is 15.9 Å². The molecule has 1 atom stereocenters. The number of rotatable bonds is 5. The van der Waals surface area contributed by atoms with Crippen LogP contribution in [0.2, 0.25) is 0 Å². The molecule has 1 fully saturated rings. The highest BCUT2D eigenvalue weighted by Crippen LogP contribution is 2.56. The first-order chi connectivity index (χ1) is 9.48. The van der Waals surface area contributed by atoms with Crippen LogP contribution in [-0.4, -0.2) is 7.11 Å². The molecule has 112 valence electrons. The molecule has 0 saturated heterocycles. The maximum atomic E-state index is 5.33. The summed E-state index contributed by atoms with van der Waals surface area (Å²) in [6, 6.07) is 6.49. The monoisotopic (exact) mass is 338 g/mol. The van der Waals surface area contributed by atoms with Crippen LogP contribution in [0.3, 0.4) is 0 Å². The Balaban J connectivity index is 2.30. The lowest BCUT2D eigenvalue weighted by Gasteiger charge is -2.37. The van der Waals surface area contributed by atoms with Gasteiger partial charge in [-0.15, -0.1) is 0 Å². The van der Waals surface area contributed by atoms with Crippen molar-refractivity contribution in [3.05, 3.63) is 29.3 Å². The Morgan fingerprint density at radius 2 is 1.90 bits per heavy atom. The molecule has 2 rings (SSSR count). The van der Waals surface area contributed by atoms with Crippen LogP contribution in [0.1, 0.15) is 61.9 Å². The van der Waals surface area contributed by atoms with E-state index in [-0.39, 0.29) is 0 Å². The Labute approximate surface area is 132 Å². The Bertz CT molecular complexity index is 447. The van der Waals surface area contributed by atoms with Gasteiger partial charge in [0.15, 0.2) is 0 Å². The van der Waals surface area contributed by atoms with Gasteiger partial charge in [0.2, 0.25) is 0 Å². The van der Waals surface area contributed by atoms with Crippen molar-refractivity contribution in [3.8, 4) is 5.75 Å². The lowest BCUT2D eigenvalue weighted by Crippen LogP contribution is -2.25. The van der Waals surface area contributed by atoms with Gasteiger partial charge in [0.1, 0.15) is 5.75 Å². The van der Waals surface area contributed by atoms with Gasteiger partial charge in [-0.1, -0.05) is 48.7 Å². The van der Waals surface area contributed by atoms with E-state index in [1.165, 1.54) is 43.2 Å². The minimum atomic E-state index is 0.438. The second kappa shape index (κ2) is 6.51. The van der Waals surface area contributed by atoms with E-state index in [1.807, 2.05) is 0 Å². The average molecular weight is 339 g/mol. The van der Waals surface area contributed by atoms with Gasteiger partial charge < -0.3 is 4.74 Å². The Kier molecular flexibility index (Phi) is 5.17. The zero-order valence-corrected chi connectivity index (χ0v) is 14.8. The molecule has 0 bridgehead atoms. The molecule has 1 aromatic rings. The lowest BCUT2D eigenvalue weighted by atomic mass is 9.73. The standard InChI is InChI=1S/C18H27BrO/c1-13(2)12-18(9-5-6-10-18)17(19)16-8-7-15(20-4)11-14(16)3/h7-8,11,13,17H,5-6,9-10,12H2,1-4H3. The fourth-order valence-corrected chi connectivity index (χ4v) is 5.00. The smallest absolute Gasteiger partial charge is 0.119 e. The summed E-state index contributed by atoms with van der Waals surface area (Å²) in [5.74, 6) is 1.71. The number of aryl methyl sites for hydroxylation is 1. The molecule has 0 aromatic heterocycles. The summed E-state index contributed by atoms with van der Waals surface area (Å²) in [5.41, 5.74) is 3.21. The van der Waals surface area contributed by atoms with Crippen LogP contribution in [0.25, 0.3) is 0 Å². The normalized spacial score (nSPS) is 19.3. The minimum Gasteiger partial charge on any atom is -0.497 e. The summed E-state index contributed by atoms with van der Waals surface area (Å²) in [6.07, 6.45) is 6.78. The van der Waals surface area contributed by atoms with Gasteiger partial charge in [-0.05, 0) is 60.8 Å². The third-order valence-electron chi connectivity index (χ3n) is 4.70. The molecule has 1 aliphatic carbocycles. The lowest BCUT2D eigenvalue weighted by molar-refractivity contribution is 0.229. The van der Waals surface area contributed by atoms with Crippen molar-refractivity contribution in [3.63, 3.8) is 0 Å². The molecular weight excluding hydrogens is 312 g/mol. The van der Waals surface area contributed by atoms with Gasteiger partial charge >= 0.3 is 0 Å². The number of methoxy groups -OCH3 is 1. The summed E-state index contributed by atoms with van der Waals surface area (Å²) < 4.78 is 5.33. The molecule has 0 aliphatic heterocycles. The van der Waals surface area contributed by atoms with Crippen LogP contribution in [-0.2, 0) is 0 Å². The van der Waals surface area contributed by atoms with Gasteiger partial charge in [-0.2, -0.15) is 0 Å². The van der Waals surface area contributed by atoms with Gasteiger partial charge in [0, 0.05) is 4.83 Å². The Morgan fingerprint density at radius 1 is 1.25 bits per heavy atom. The van der Waals surface area contributed by atoms with E-state index < -0.39 is 0 Å². The van der Waals surface area contributed by atoms with Gasteiger partial charge in [0.25, 0.3) is 0 Å². The Morgan fingerprint density at radius 3 is 2.40 bits per heavy atom. The molecule has 1 saturated carbocycles. The van der Waals surface area contributed by atoms with E-state index in [9.17, 15) is 0 Å². The molecule has 0 N–H and O–H groups in total. The van der Waals surface area contributed by atoms with Crippen LogP contribution < -0.4 is 4.74 Å². The summed E-state index contributed by atoms with van der Waals surface area (Å²) in [5, 5.41) is 0. The molecule has 1 unspecified atom stereocenters. The number of hydrogen-bond acceptors (Lipinski definition) is 1. The van der Waals surface area contributed by atoms with Crippen molar-refractivity contribution in [1.29, 1.82) is 0 Å². The maximum Gasteiger partial charge on any atom is 0.119 e. The second-order valence-electron chi connectivity index (χ2n) is 6.75. The van der Waals surface area contributed by atoms with Crippen molar-refractivity contribution in [2.24, 2.45) is 11.3 Å². The van der Waals surface area contributed by atoms with E-state index in [0.29, 0.717) is 10.2 Å². The number of alkyl halides is 1. The zero-order valence-electron chi connectivity index (χ0n) is 13.2. The molecule has 0 heterocycles. The highest BCUT2D eigenvalue weighted by atomic mass is 79.9. The summed E-state index contributed by atoms with van der Waals surface area (Å²) in [7, 11) is 1.73. The SMILES string of the molecule is COc1ccc(C(Br)C2(CC(C)C)CCCC2)c(C)c1. The maximum absolute atomic E-state index is 5.33. The molecule has 2 heteroatoms. The molecule has 20 heavy (non-hydrogen) atoms. The highest BCUT2D eigenvalue weighted by molar-refractivity contribution is 9.09. The third-order valence-corrected chi connectivity index (χ3v) is 6.17. The molecule has 1 aromatic carbocycles. The van der Waals surface area contributed by atoms with Crippen molar-refractivity contribution >= 4 is 15.9 Å². The Hall–Kier alpha value is -0.500. The first kappa shape index (κ1) is 15.9. The molecule has 0 amide bonds. The second-order valence-corrected chi connectivity index (χ2v) is 7.67. The summed E-state index contributed by atoms with van der Waals surface area (Å²) in [6.45, 7) is 6.89. The molecule has 0 radical (unpaired) electrons. The van der Waals surface area contributed by atoms with Gasteiger partial charge in [0.05, 0.1) is 7.11 Å². The topological polar surface area (TPSA) is 9.23 Å². The number of hydrogen-bond donors (Lipinski definition) is 0. The molecule has 1 nitrogen and oxygen atoms in total. The van der Waals surface area contributed by atoms with Crippen molar-refractivity contribution < 1.29 is 4.74 Å². The average Bonchev–Trinajstić information content (AvgIpc) is 2.86. The summed E-state index contributed by atoms with van der Waals surface area (Å²) in [4.78, 5) is 0.464. The quantitative estimate of drug-likeness (QED) is 0.594. The predicted molar refractivity (Wildman–Crippen MR) is 89.8 cm³/mol. The zero-order chi connectivity index (χ0) is 14.8. The van der Waals surface area contributed by atoms with Crippen LogP contribution in [0.4, 0.5) is 0 Å². The highest BCUT2D eigenvalue weighted by Gasteiger charge is 2.41. The van der Waals surface area contributed by atoms with E-state index in [2.05, 4.69) is 54.9 Å². The van der Waals surface area contributed by atoms with Gasteiger partial charge in [-0.25, -0.2) is 0 Å². The fourth-order valence-electron chi connectivity index (χ4n) is 3.84. The fraction of sp³-hybridized carbons (Fsp3) is 0.667. The van der Waals surface area contributed by atoms with Crippen molar-refractivity contribution in [2.45, 2.75) is 57.7 Å². The predicted octanol–water partition coefficient (Wildman–Crippen LogP) is 6.05. The van der Waals surface area contributed by atoms with Crippen LogP contribution in [0.5, 0.6) is 5.75 Å². The minimum absolute atomic E-state index is 0.438. The number of benzene rings is 1. The molecule has 1 aliphatic rings. The molecular formula is C18H27BrO. The van der Waals surface area contributed by atoms with Crippen molar-refractivity contribution in [2.75, 3.05) is 7.11 Å². The molecule has 0 spiro atoms. The van der Waals surface area contributed by atoms with E-state index in [0.717, 1.165) is 11.7 Å². The van der Waals surface area contributed by atoms with Crippen LogP contribution in [0.15, 0.2) is 18.2 Å². The van der Waals surface area contributed by atoms with Gasteiger partial charge in [-0.3, -0.25) is 0 Å². The van der Waals surface area contributed by atoms with E-state index in [1.54, 1.807) is 7.11 Å².